The lowest BCUT2D eigenvalue weighted by molar-refractivity contribution is 0.0653. The van der Waals surface area contributed by atoms with Crippen molar-refractivity contribution in [2.75, 3.05) is 6.61 Å². The lowest BCUT2D eigenvalue weighted by Crippen LogP contribution is -1.95. The van der Waals surface area contributed by atoms with E-state index in [1.54, 1.807) is 0 Å². The first kappa shape index (κ1) is 9.64. The molecular formula is C9H12O4. The van der Waals surface area contributed by atoms with Gasteiger partial charge >= 0.3 is 5.97 Å². The molecule has 0 aliphatic rings. The Hall–Kier alpha value is -1.45. The lowest BCUT2D eigenvalue weighted by Gasteiger charge is -1.99. The zero-order valence-electron chi connectivity index (χ0n) is 7.45. The molecule has 0 amide bonds. The Morgan fingerprint density at radius 1 is 1.62 bits per heavy atom. The standard InChI is InChI=1S/C9H12O4/c1-2-3-6-12-8-5-4-7(13-8)9(10)11/h4-5H,2-3,6H2,1H3,(H,10,11). The molecule has 1 heterocycles. The fourth-order valence-electron chi connectivity index (χ4n) is 0.830. The Kier molecular flexibility index (Phi) is 3.37. The first-order valence-electron chi connectivity index (χ1n) is 4.20. The number of carboxylic acids is 1. The summed E-state index contributed by atoms with van der Waals surface area (Å²) in [6.07, 6.45) is 1.97. The van der Waals surface area contributed by atoms with Crippen molar-refractivity contribution in [3.8, 4) is 5.95 Å². The molecule has 1 rings (SSSR count). The molecule has 0 saturated heterocycles. The number of furan rings is 1. The number of aromatic carboxylic acids is 1. The molecule has 4 heteroatoms. The summed E-state index contributed by atoms with van der Waals surface area (Å²) >= 11 is 0. The molecule has 0 bridgehead atoms. The second-order valence-corrected chi connectivity index (χ2v) is 2.63. The molecule has 0 aliphatic carbocycles. The van der Waals surface area contributed by atoms with E-state index in [0.717, 1.165) is 12.8 Å². The molecule has 0 radical (unpaired) electrons. The summed E-state index contributed by atoms with van der Waals surface area (Å²) in [5.41, 5.74) is 0. The maximum atomic E-state index is 10.4. The second kappa shape index (κ2) is 4.54. The third-order valence-electron chi connectivity index (χ3n) is 1.53. The van der Waals surface area contributed by atoms with Gasteiger partial charge < -0.3 is 14.3 Å². The van der Waals surface area contributed by atoms with Gasteiger partial charge in [0.2, 0.25) is 5.76 Å². The lowest BCUT2D eigenvalue weighted by atomic mass is 10.4. The minimum atomic E-state index is -1.08. The molecule has 0 saturated carbocycles. The van der Waals surface area contributed by atoms with Gasteiger partial charge in [-0.05, 0) is 12.5 Å². The van der Waals surface area contributed by atoms with Crippen LogP contribution in [0.2, 0.25) is 0 Å². The maximum Gasteiger partial charge on any atom is 0.371 e. The van der Waals surface area contributed by atoms with Gasteiger partial charge in [-0.25, -0.2) is 4.79 Å². The number of carboxylic acid groups (broad SMARTS) is 1. The van der Waals surface area contributed by atoms with Gasteiger partial charge in [-0.1, -0.05) is 13.3 Å². The van der Waals surface area contributed by atoms with Gasteiger partial charge in [0, 0.05) is 6.07 Å². The Labute approximate surface area is 76.1 Å². The molecule has 0 unspecified atom stereocenters. The van der Waals surface area contributed by atoms with Gasteiger partial charge in [-0.3, -0.25) is 0 Å². The summed E-state index contributed by atoms with van der Waals surface area (Å²) in [6.45, 7) is 2.61. The van der Waals surface area contributed by atoms with E-state index in [9.17, 15) is 4.79 Å². The van der Waals surface area contributed by atoms with E-state index >= 15 is 0 Å². The largest absolute Gasteiger partial charge is 0.475 e. The fourth-order valence-corrected chi connectivity index (χ4v) is 0.830. The van der Waals surface area contributed by atoms with Crippen LogP contribution in [0.25, 0.3) is 0 Å². The third kappa shape index (κ3) is 2.82. The molecule has 0 atom stereocenters. The number of hydrogen-bond donors (Lipinski definition) is 1. The van der Waals surface area contributed by atoms with E-state index in [1.807, 2.05) is 6.92 Å². The summed E-state index contributed by atoms with van der Waals surface area (Å²) < 4.78 is 10.0. The quantitative estimate of drug-likeness (QED) is 0.712. The van der Waals surface area contributed by atoms with Crippen molar-refractivity contribution in [3.05, 3.63) is 17.9 Å². The highest BCUT2D eigenvalue weighted by atomic mass is 16.6. The summed E-state index contributed by atoms with van der Waals surface area (Å²) in [6, 6.07) is 2.89. The molecule has 1 N–H and O–H groups in total. The van der Waals surface area contributed by atoms with E-state index < -0.39 is 5.97 Å². The number of hydrogen-bond acceptors (Lipinski definition) is 3. The van der Waals surface area contributed by atoms with Crippen LogP contribution < -0.4 is 4.74 Å². The van der Waals surface area contributed by atoms with Crippen molar-refractivity contribution in [3.63, 3.8) is 0 Å². The van der Waals surface area contributed by atoms with Crippen LogP contribution in [0.3, 0.4) is 0 Å². The monoisotopic (exact) mass is 184 g/mol. The van der Waals surface area contributed by atoms with Gasteiger partial charge in [0.15, 0.2) is 0 Å². The summed E-state index contributed by atoms with van der Waals surface area (Å²) in [4.78, 5) is 10.4. The molecule has 13 heavy (non-hydrogen) atoms. The van der Waals surface area contributed by atoms with E-state index in [2.05, 4.69) is 0 Å². The summed E-state index contributed by atoms with van der Waals surface area (Å²) in [5.74, 6) is -0.900. The summed E-state index contributed by atoms with van der Waals surface area (Å²) in [7, 11) is 0. The SMILES string of the molecule is CCCCOc1ccc(C(=O)O)o1. The van der Waals surface area contributed by atoms with Crippen molar-refractivity contribution in [1.82, 2.24) is 0 Å². The van der Waals surface area contributed by atoms with Crippen LogP contribution in [-0.2, 0) is 0 Å². The average molecular weight is 184 g/mol. The van der Waals surface area contributed by atoms with Crippen molar-refractivity contribution in [1.29, 1.82) is 0 Å². The van der Waals surface area contributed by atoms with Crippen LogP contribution in [0.1, 0.15) is 30.3 Å². The van der Waals surface area contributed by atoms with Crippen molar-refractivity contribution >= 4 is 5.97 Å². The normalized spacial score (nSPS) is 9.92. The zero-order chi connectivity index (χ0) is 9.68. The second-order valence-electron chi connectivity index (χ2n) is 2.63. The van der Waals surface area contributed by atoms with Gasteiger partial charge in [0.1, 0.15) is 0 Å². The molecule has 0 aromatic carbocycles. The highest BCUT2D eigenvalue weighted by Gasteiger charge is 2.08. The van der Waals surface area contributed by atoms with Gasteiger partial charge in [-0.2, -0.15) is 0 Å². The number of unbranched alkanes of at least 4 members (excludes halogenated alkanes) is 1. The first-order chi connectivity index (χ1) is 6.24. The van der Waals surface area contributed by atoms with Crippen LogP contribution in [-0.4, -0.2) is 17.7 Å². The van der Waals surface area contributed by atoms with Crippen LogP contribution in [0.5, 0.6) is 5.95 Å². The highest BCUT2D eigenvalue weighted by Crippen LogP contribution is 2.15. The van der Waals surface area contributed by atoms with Gasteiger partial charge in [0.05, 0.1) is 6.61 Å². The van der Waals surface area contributed by atoms with Gasteiger partial charge in [-0.15, -0.1) is 0 Å². The number of rotatable bonds is 5. The Balaban J connectivity index is 2.44. The van der Waals surface area contributed by atoms with Crippen LogP contribution >= 0.6 is 0 Å². The molecule has 0 aliphatic heterocycles. The maximum absolute atomic E-state index is 10.4. The average Bonchev–Trinajstić information content (AvgIpc) is 2.53. The Morgan fingerprint density at radius 3 is 2.92 bits per heavy atom. The fraction of sp³-hybridized carbons (Fsp3) is 0.444. The topological polar surface area (TPSA) is 59.7 Å². The smallest absolute Gasteiger partial charge is 0.371 e. The molecular weight excluding hydrogens is 172 g/mol. The minimum absolute atomic E-state index is 0.0912. The van der Waals surface area contributed by atoms with Crippen LogP contribution in [0.4, 0.5) is 0 Å². The predicted molar refractivity (Wildman–Crippen MR) is 46.1 cm³/mol. The number of carbonyl (C=O) groups is 1. The highest BCUT2D eigenvalue weighted by molar-refractivity contribution is 5.84. The Bertz CT molecular complexity index is 277. The first-order valence-corrected chi connectivity index (χ1v) is 4.20. The zero-order valence-corrected chi connectivity index (χ0v) is 7.45. The van der Waals surface area contributed by atoms with E-state index in [0.29, 0.717) is 6.61 Å². The van der Waals surface area contributed by atoms with E-state index in [1.165, 1.54) is 12.1 Å². The van der Waals surface area contributed by atoms with E-state index in [4.69, 9.17) is 14.3 Å². The third-order valence-corrected chi connectivity index (χ3v) is 1.53. The molecule has 72 valence electrons. The molecule has 0 fully saturated rings. The number of ether oxygens (including phenoxy) is 1. The van der Waals surface area contributed by atoms with Crippen LogP contribution in [0, 0.1) is 0 Å². The van der Waals surface area contributed by atoms with Crippen LogP contribution in [0.15, 0.2) is 16.5 Å². The molecule has 4 nitrogen and oxygen atoms in total. The summed E-state index contributed by atoms with van der Waals surface area (Å²) in [5, 5.41) is 8.52. The van der Waals surface area contributed by atoms with Crippen molar-refractivity contribution in [2.45, 2.75) is 19.8 Å². The van der Waals surface area contributed by atoms with Crippen molar-refractivity contribution in [2.24, 2.45) is 0 Å². The molecule has 1 aromatic rings. The minimum Gasteiger partial charge on any atom is -0.475 e. The predicted octanol–water partition coefficient (Wildman–Crippen LogP) is 2.16. The van der Waals surface area contributed by atoms with Crippen molar-refractivity contribution < 1.29 is 19.1 Å². The molecule has 1 aromatic heterocycles. The van der Waals surface area contributed by atoms with Gasteiger partial charge in [0.25, 0.3) is 5.95 Å². The Morgan fingerprint density at radius 2 is 2.38 bits per heavy atom. The molecule has 0 spiro atoms. The van der Waals surface area contributed by atoms with E-state index in [-0.39, 0.29) is 11.7 Å².